The molecule has 8 heteroatoms. The quantitative estimate of drug-likeness (QED) is 0.759. The van der Waals surface area contributed by atoms with Gasteiger partial charge in [0.1, 0.15) is 6.04 Å². The Hall–Kier alpha value is -1.93. The predicted molar refractivity (Wildman–Crippen MR) is 102 cm³/mol. The van der Waals surface area contributed by atoms with E-state index in [-0.39, 0.29) is 18.2 Å². The van der Waals surface area contributed by atoms with Crippen molar-refractivity contribution >= 4 is 21.8 Å². The minimum Gasteiger partial charge on any atom is -0.354 e. The predicted octanol–water partition coefficient (Wildman–Crippen LogP) is 1.19. The molecule has 2 saturated heterocycles. The van der Waals surface area contributed by atoms with E-state index in [1.54, 1.807) is 24.3 Å². The summed E-state index contributed by atoms with van der Waals surface area (Å²) in [6.07, 6.45) is 5.10. The van der Waals surface area contributed by atoms with Gasteiger partial charge in [-0.3, -0.25) is 9.59 Å². The van der Waals surface area contributed by atoms with E-state index < -0.39 is 16.1 Å². The van der Waals surface area contributed by atoms with Gasteiger partial charge in [0.15, 0.2) is 0 Å². The molecule has 2 amide bonds. The first-order valence-electron chi connectivity index (χ1n) is 9.63. The number of rotatable bonds is 6. The maximum atomic E-state index is 12.5. The van der Waals surface area contributed by atoms with E-state index in [2.05, 4.69) is 10.6 Å². The third-order valence-corrected chi connectivity index (χ3v) is 7.05. The fraction of sp³-hybridized carbons (Fsp3) is 0.579. The molecule has 0 bridgehead atoms. The zero-order valence-corrected chi connectivity index (χ0v) is 16.3. The lowest BCUT2D eigenvalue weighted by Gasteiger charge is -2.16. The number of hydrogen-bond donors (Lipinski definition) is 2. The van der Waals surface area contributed by atoms with Gasteiger partial charge in [-0.2, -0.15) is 4.31 Å². The molecule has 2 aliphatic rings. The van der Waals surface area contributed by atoms with Gasteiger partial charge in [0.05, 0.1) is 4.90 Å². The number of benzene rings is 1. The molecule has 2 heterocycles. The van der Waals surface area contributed by atoms with Crippen LogP contribution in [0.5, 0.6) is 0 Å². The van der Waals surface area contributed by atoms with Crippen molar-refractivity contribution in [2.45, 2.75) is 55.9 Å². The van der Waals surface area contributed by atoms with Crippen LogP contribution in [0.3, 0.4) is 0 Å². The Balaban J connectivity index is 1.52. The summed E-state index contributed by atoms with van der Waals surface area (Å²) in [5, 5.41) is 5.60. The molecule has 2 aliphatic heterocycles. The summed E-state index contributed by atoms with van der Waals surface area (Å²) in [6, 6.07) is 6.29. The lowest BCUT2D eigenvalue weighted by Crippen LogP contribution is -2.45. The van der Waals surface area contributed by atoms with Crippen LogP contribution in [-0.4, -0.2) is 50.2 Å². The van der Waals surface area contributed by atoms with Gasteiger partial charge in [-0.15, -0.1) is 0 Å². The summed E-state index contributed by atoms with van der Waals surface area (Å²) in [6.45, 7) is 1.83. The second-order valence-corrected chi connectivity index (χ2v) is 9.10. The van der Waals surface area contributed by atoms with Gasteiger partial charge in [-0.05, 0) is 56.2 Å². The highest BCUT2D eigenvalue weighted by molar-refractivity contribution is 7.89. The van der Waals surface area contributed by atoms with Crippen LogP contribution in [0.25, 0.3) is 0 Å². The largest absolute Gasteiger partial charge is 0.354 e. The van der Waals surface area contributed by atoms with Gasteiger partial charge in [0.25, 0.3) is 0 Å². The molecule has 7 nitrogen and oxygen atoms in total. The van der Waals surface area contributed by atoms with Gasteiger partial charge in [-0.1, -0.05) is 12.1 Å². The van der Waals surface area contributed by atoms with E-state index >= 15 is 0 Å². The lowest BCUT2D eigenvalue weighted by atomic mass is 10.1. The second-order valence-electron chi connectivity index (χ2n) is 7.16. The number of sulfonamides is 1. The van der Waals surface area contributed by atoms with Crippen molar-refractivity contribution in [3.05, 3.63) is 29.8 Å². The molecule has 0 saturated carbocycles. The third-order valence-electron chi connectivity index (χ3n) is 5.14. The minimum atomic E-state index is -3.41. The van der Waals surface area contributed by atoms with Crippen LogP contribution in [0.1, 0.15) is 44.1 Å². The lowest BCUT2D eigenvalue weighted by molar-refractivity contribution is -0.128. The maximum absolute atomic E-state index is 12.5. The Morgan fingerprint density at radius 1 is 1.11 bits per heavy atom. The first-order valence-corrected chi connectivity index (χ1v) is 11.1. The number of hydrogen-bond acceptors (Lipinski definition) is 4. The molecule has 0 aliphatic carbocycles. The molecule has 1 aromatic carbocycles. The van der Waals surface area contributed by atoms with Crippen molar-refractivity contribution in [1.82, 2.24) is 14.9 Å². The summed E-state index contributed by atoms with van der Waals surface area (Å²) in [7, 11) is -3.41. The van der Waals surface area contributed by atoms with Crippen LogP contribution in [0.2, 0.25) is 0 Å². The number of amides is 2. The highest BCUT2D eigenvalue weighted by Crippen LogP contribution is 2.21. The summed E-state index contributed by atoms with van der Waals surface area (Å²) in [5.74, 6) is -0.275. The van der Waals surface area contributed by atoms with E-state index in [1.165, 1.54) is 4.31 Å². The number of nitrogens with zero attached hydrogens (tertiary/aromatic N) is 1. The van der Waals surface area contributed by atoms with Crippen molar-refractivity contribution < 1.29 is 18.0 Å². The van der Waals surface area contributed by atoms with E-state index in [0.717, 1.165) is 31.2 Å². The number of carbonyl (C=O) groups excluding carboxylic acids is 2. The normalized spacial score (nSPS) is 21.5. The molecule has 0 aromatic heterocycles. The summed E-state index contributed by atoms with van der Waals surface area (Å²) < 4.78 is 26.6. The highest BCUT2D eigenvalue weighted by Gasteiger charge is 2.27. The first-order chi connectivity index (χ1) is 13.0. The van der Waals surface area contributed by atoms with Gasteiger partial charge in [-0.25, -0.2) is 8.42 Å². The zero-order valence-electron chi connectivity index (χ0n) is 15.4. The van der Waals surface area contributed by atoms with Crippen molar-refractivity contribution in [1.29, 1.82) is 0 Å². The Morgan fingerprint density at radius 2 is 1.81 bits per heavy atom. The summed E-state index contributed by atoms with van der Waals surface area (Å²) >= 11 is 0. The average molecular weight is 394 g/mol. The fourth-order valence-electron chi connectivity index (χ4n) is 3.51. The summed E-state index contributed by atoms with van der Waals surface area (Å²) in [4.78, 5) is 24.3. The fourth-order valence-corrected chi connectivity index (χ4v) is 5.02. The van der Waals surface area contributed by atoms with Crippen LogP contribution >= 0.6 is 0 Å². The SMILES string of the molecule is O=C(CCc1ccc(S(=O)(=O)N2CCCC2)cc1)NC1CCCCNC1=O. The van der Waals surface area contributed by atoms with Gasteiger partial charge in [0, 0.05) is 26.1 Å². The van der Waals surface area contributed by atoms with E-state index in [4.69, 9.17) is 0 Å². The molecule has 1 aromatic rings. The minimum absolute atomic E-state index is 0.114. The van der Waals surface area contributed by atoms with Crippen molar-refractivity contribution in [3.63, 3.8) is 0 Å². The van der Waals surface area contributed by atoms with Gasteiger partial charge < -0.3 is 10.6 Å². The van der Waals surface area contributed by atoms with Crippen LogP contribution < -0.4 is 10.6 Å². The molecular formula is C19H27N3O4S. The van der Waals surface area contributed by atoms with E-state index in [1.807, 2.05) is 0 Å². The molecule has 148 valence electrons. The third kappa shape index (κ3) is 5.07. The van der Waals surface area contributed by atoms with Crippen LogP contribution in [0, 0.1) is 0 Å². The highest BCUT2D eigenvalue weighted by atomic mass is 32.2. The number of aryl methyl sites for hydroxylation is 1. The molecule has 0 radical (unpaired) electrons. The van der Waals surface area contributed by atoms with Crippen molar-refractivity contribution in [3.8, 4) is 0 Å². The van der Waals surface area contributed by atoms with Crippen molar-refractivity contribution in [2.75, 3.05) is 19.6 Å². The molecule has 1 atom stereocenters. The van der Waals surface area contributed by atoms with Gasteiger partial charge in [0.2, 0.25) is 21.8 Å². The van der Waals surface area contributed by atoms with E-state index in [0.29, 0.717) is 37.4 Å². The Bertz CT molecular complexity index is 771. The summed E-state index contributed by atoms with van der Waals surface area (Å²) in [5.41, 5.74) is 0.899. The van der Waals surface area contributed by atoms with Crippen LogP contribution in [0.4, 0.5) is 0 Å². The molecule has 2 N–H and O–H groups in total. The smallest absolute Gasteiger partial charge is 0.243 e. The molecule has 1 unspecified atom stereocenters. The Morgan fingerprint density at radius 3 is 2.52 bits per heavy atom. The number of nitrogens with one attached hydrogen (secondary N) is 2. The Labute approximate surface area is 160 Å². The molecular weight excluding hydrogens is 366 g/mol. The van der Waals surface area contributed by atoms with Crippen LogP contribution in [0.15, 0.2) is 29.2 Å². The van der Waals surface area contributed by atoms with Crippen LogP contribution in [-0.2, 0) is 26.0 Å². The zero-order chi connectivity index (χ0) is 19.3. The molecule has 2 fully saturated rings. The molecule has 0 spiro atoms. The topological polar surface area (TPSA) is 95.6 Å². The molecule has 3 rings (SSSR count). The molecule has 27 heavy (non-hydrogen) atoms. The standard InChI is InChI=1S/C19H27N3O4S/c23-18(21-17-5-1-2-12-20-19(17)24)11-8-15-6-9-16(10-7-15)27(25,26)22-13-3-4-14-22/h6-7,9-10,17H,1-5,8,11-14H2,(H,20,24)(H,21,23). The van der Waals surface area contributed by atoms with Gasteiger partial charge >= 0.3 is 0 Å². The monoisotopic (exact) mass is 393 g/mol. The maximum Gasteiger partial charge on any atom is 0.243 e. The van der Waals surface area contributed by atoms with Crippen molar-refractivity contribution in [2.24, 2.45) is 0 Å². The first kappa shape index (κ1) is 19.8. The Kier molecular flexibility index (Phi) is 6.49. The number of carbonyl (C=O) groups is 2. The second kappa shape index (κ2) is 8.84. The average Bonchev–Trinajstić information content (AvgIpc) is 3.14. The van der Waals surface area contributed by atoms with E-state index in [9.17, 15) is 18.0 Å².